The molecule has 7 nitrogen and oxygen atoms in total. The maximum absolute atomic E-state index is 14.1. The molecule has 1 aromatic heterocycles. The van der Waals surface area contributed by atoms with Crippen molar-refractivity contribution in [2.45, 2.75) is 32.5 Å². The molecule has 32 heavy (non-hydrogen) atoms. The summed E-state index contributed by atoms with van der Waals surface area (Å²) in [6.45, 7) is 3.64. The SMILES string of the molecule is Cc1ccccc1-n1cc(CNC(=O)CC2C(=O)NCCN2Cc2ccccc2F)cn1. The number of hydrogen-bond donors (Lipinski definition) is 2. The third-order valence-corrected chi connectivity index (χ3v) is 5.64. The maximum atomic E-state index is 14.1. The second-order valence-corrected chi connectivity index (χ2v) is 7.93. The van der Waals surface area contributed by atoms with Crippen molar-refractivity contribution >= 4 is 11.8 Å². The van der Waals surface area contributed by atoms with Crippen LogP contribution in [0.3, 0.4) is 0 Å². The second-order valence-electron chi connectivity index (χ2n) is 7.93. The average Bonchev–Trinajstić information content (AvgIpc) is 3.25. The first-order chi connectivity index (χ1) is 15.5. The van der Waals surface area contributed by atoms with Gasteiger partial charge in [-0.1, -0.05) is 36.4 Å². The summed E-state index contributed by atoms with van der Waals surface area (Å²) in [4.78, 5) is 26.9. The molecule has 0 aliphatic carbocycles. The van der Waals surface area contributed by atoms with E-state index in [2.05, 4.69) is 15.7 Å². The first-order valence-corrected chi connectivity index (χ1v) is 10.6. The molecule has 0 radical (unpaired) electrons. The molecule has 4 rings (SSSR count). The van der Waals surface area contributed by atoms with Crippen molar-refractivity contribution in [3.8, 4) is 5.69 Å². The number of aryl methyl sites for hydroxylation is 1. The summed E-state index contributed by atoms with van der Waals surface area (Å²) in [6.07, 6.45) is 3.59. The molecule has 1 aliphatic heterocycles. The molecule has 2 N–H and O–H groups in total. The Morgan fingerprint density at radius 1 is 1.22 bits per heavy atom. The first-order valence-electron chi connectivity index (χ1n) is 10.6. The van der Waals surface area contributed by atoms with E-state index < -0.39 is 6.04 Å². The number of hydrogen-bond acceptors (Lipinski definition) is 4. The number of benzene rings is 2. The maximum Gasteiger partial charge on any atom is 0.237 e. The normalized spacial score (nSPS) is 16.6. The Hall–Kier alpha value is -3.52. The fraction of sp³-hybridized carbons (Fsp3) is 0.292. The Morgan fingerprint density at radius 2 is 2.00 bits per heavy atom. The van der Waals surface area contributed by atoms with Crippen LogP contribution in [0.4, 0.5) is 4.39 Å². The molecule has 0 spiro atoms. The number of aromatic nitrogens is 2. The van der Waals surface area contributed by atoms with Crippen molar-refractivity contribution in [2.75, 3.05) is 13.1 Å². The van der Waals surface area contributed by atoms with Crippen LogP contribution in [0.2, 0.25) is 0 Å². The number of carbonyl (C=O) groups excluding carboxylic acids is 2. The molecule has 3 aromatic rings. The molecular weight excluding hydrogens is 409 g/mol. The molecule has 0 bridgehead atoms. The molecule has 2 amide bonds. The van der Waals surface area contributed by atoms with Crippen LogP contribution in [0.5, 0.6) is 0 Å². The lowest BCUT2D eigenvalue weighted by Crippen LogP contribution is -2.56. The monoisotopic (exact) mass is 435 g/mol. The van der Waals surface area contributed by atoms with Gasteiger partial charge in [-0.15, -0.1) is 0 Å². The number of para-hydroxylation sites is 1. The van der Waals surface area contributed by atoms with Gasteiger partial charge in [0.25, 0.3) is 0 Å². The molecule has 1 aliphatic rings. The quantitative estimate of drug-likeness (QED) is 0.597. The van der Waals surface area contributed by atoms with Crippen LogP contribution in [-0.2, 0) is 22.7 Å². The number of amides is 2. The number of carbonyl (C=O) groups is 2. The van der Waals surface area contributed by atoms with Gasteiger partial charge < -0.3 is 10.6 Å². The summed E-state index contributed by atoms with van der Waals surface area (Å²) < 4.78 is 15.9. The predicted octanol–water partition coefficient (Wildman–Crippen LogP) is 2.33. The largest absolute Gasteiger partial charge is 0.353 e. The molecule has 1 saturated heterocycles. The number of nitrogens with zero attached hydrogens (tertiary/aromatic N) is 3. The number of nitrogens with one attached hydrogen (secondary N) is 2. The number of piperazine rings is 1. The van der Waals surface area contributed by atoms with Crippen molar-refractivity contribution in [3.05, 3.63) is 83.4 Å². The smallest absolute Gasteiger partial charge is 0.237 e. The predicted molar refractivity (Wildman–Crippen MR) is 118 cm³/mol. The van der Waals surface area contributed by atoms with E-state index in [1.54, 1.807) is 29.1 Å². The summed E-state index contributed by atoms with van der Waals surface area (Å²) in [5, 5.41) is 10.0. The van der Waals surface area contributed by atoms with Crippen LogP contribution in [0.1, 0.15) is 23.1 Å². The third-order valence-electron chi connectivity index (χ3n) is 5.64. The third kappa shape index (κ3) is 5.03. The molecular formula is C24H26FN5O2. The molecule has 2 heterocycles. The minimum absolute atomic E-state index is 0.00617. The fourth-order valence-corrected chi connectivity index (χ4v) is 3.87. The summed E-state index contributed by atoms with van der Waals surface area (Å²) in [5.41, 5.74) is 3.45. The van der Waals surface area contributed by atoms with Gasteiger partial charge in [0.1, 0.15) is 5.82 Å². The van der Waals surface area contributed by atoms with Gasteiger partial charge in [-0.25, -0.2) is 9.07 Å². The highest BCUT2D eigenvalue weighted by Gasteiger charge is 2.31. The van der Waals surface area contributed by atoms with Crippen molar-refractivity contribution in [3.63, 3.8) is 0 Å². The van der Waals surface area contributed by atoms with Crippen LogP contribution < -0.4 is 10.6 Å². The zero-order valence-electron chi connectivity index (χ0n) is 17.9. The van der Waals surface area contributed by atoms with Gasteiger partial charge in [0, 0.05) is 43.5 Å². The molecule has 0 saturated carbocycles. The van der Waals surface area contributed by atoms with Gasteiger partial charge in [0.2, 0.25) is 11.8 Å². The molecule has 1 unspecified atom stereocenters. The lowest BCUT2D eigenvalue weighted by atomic mass is 10.1. The van der Waals surface area contributed by atoms with Crippen LogP contribution in [0, 0.1) is 12.7 Å². The van der Waals surface area contributed by atoms with Crippen LogP contribution >= 0.6 is 0 Å². The van der Waals surface area contributed by atoms with E-state index in [1.807, 2.05) is 42.3 Å². The Labute approximate surface area is 186 Å². The lowest BCUT2D eigenvalue weighted by molar-refractivity contribution is -0.134. The zero-order chi connectivity index (χ0) is 22.5. The van der Waals surface area contributed by atoms with Gasteiger partial charge in [-0.05, 0) is 24.6 Å². The molecule has 1 fully saturated rings. The highest BCUT2D eigenvalue weighted by Crippen LogP contribution is 2.17. The van der Waals surface area contributed by atoms with Crippen molar-refractivity contribution in [1.82, 2.24) is 25.3 Å². The Balaban J connectivity index is 1.36. The van der Waals surface area contributed by atoms with Crippen molar-refractivity contribution in [1.29, 1.82) is 0 Å². The van der Waals surface area contributed by atoms with Gasteiger partial charge in [-0.2, -0.15) is 5.10 Å². The minimum Gasteiger partial charge on any atom is -0.353 e. The Kier molecular flexibility index (Phi) is 6.61. The van der Waals surface area contributed by atoms with E-state index in [9.17, 15) is 14.0 Å². The van der Waals surface area contributed by atoms with Gasteiger partial charge in [-0.3, -0.25) is 14.5 Å². The lowest BCUT2D eigenvalue weighted by Gasteiger charge is -2.34. The molecule has 166 valence electrons. The van der Waals surface area contributed by atoms with Gasteiger partial charge in [0.05, 0.1) is 24.3 Å². The van der Waals surface area contributed by atoms with Gasteiger partial charge in [0.15, 0.2) is 0 Å². The fourth-order valence-electron chi connectivity index (χ4n) is 3.87. The van der Waals surface area contributed by atoms with Gasteiger partial charge >= 0.3 is 0 Å². The van der Waals surface area contributed by atoms with E-state index in [0.717, 1.165) is 16.8 Å². The van der Waals surface area contributed by atoms with E-state index in [1.165, 1.54) is 6.07 Å². The molecule has 8 heteroatoms. The summed E-state index contributed by atoms with van der Waals surface area (Å²) in [7, 11) is 0. The molecule has 1 atom stereocenters. The summed E-state index contributed by atoms with van der Waals surface area (Å²) in [6, 6.07) is 13.8. The Morgan fingerprint density at radius 3 is 2.81 bits per heavy atom. The highest BCUT2D eigenvalue weighted by atomic mass is 19.1. The minimum atomic E-state index is -0.641. The first kappa shape index (κ1) is 21.7. The van der Waals surface area contributed by atoms with E-state index in [0.29, 0.717) is 25.2 Å². The van der Waals surface area contributed by atoms with Crippen LogP contribution in [-0.4, -0.2) is 45.6 Å². The average molecular weight is 436 g/mol. The zero-order valence-corrected chi connectivity index (χ0v) is 17.9. The van der Waals surface area contributed by atoms with E-state index in [-0.39, 0.29) is 30.6 Å². The van der Waals surface area contributed by atoms with Crippen molar-refractivity contribution < 1.29 is 14.0 Å². The standard InChI is InChI=1S/C24H26FN5O2/c1-17-6-2-5-9-21(17)30-15-18(14-28-30)13-27-23(31)12-22-24(32)26-10-11-29(22)16-19-7-3-4-8-20(19)25/h2-9,14-15,22H,10-13,16H2,1H3,(H,26,32)(H,27,31). The Bertz CT molecular complexity index is 1110. The molecule has 2 aromatic carbocycles. The van der Waals surface area contributed by atoms with Crippen LogP contribution in [0.15, 0.2) is 60.9 Å². The van der Waals surface area contributed by atoms with E-state index in [4.69, 9.17) is 0 Å². The highest BCUT2D eigenvalue weighted by molar-refractivity contribution is 5.88. The summed E-state index contributed by atoms with van der Waals surface area (Å²) >= 11 is 0. The topological polar surface area (TPSA) is 79.3 Å². The number of rotatable bonds is 7. The number of halogens is 1. The summed E-state index contributed by atoms with van der Waals surface area (Å²) in [5.74, 6) is -0.767. The second kappa shape index (κ2) is 9.74. The van der Waals surface area contributed by atoms with Crippen LogP contribution in [0.25, 0.3) is 5.69 Å². The van der Waals surface area contributed by atoms with E-state index >= 15 is 0 Å². The van der Waals surface area contributed by atoms with Crippen molar-refractivity contribution in [2.24, 2.45) is 0 Å².